The largest absolute Gasteiger partial charge is 0.481 e. The minimum Gasteiger partial charge on any atom is -0.481 e. The van der Waals surface area contributed by atoms with Crippen molar-refractivity contribution in [2.45, 2.75) is 35.4 Å². The lowest BCUT2D eigenvalue weighted by Crippen LogP contribution is -2.23. The lowest BCUT2D eigenvalue weighted by molar-refractivity contribution is -0.142. The molecule has 96 valence electrons. The van der Waals surface area contributed by atoms with Gasteiger partial charge in [0.15, 0.2) is 0 Å². The van der Waals surface area contributed by atoms with E-state index in [0.717, 1.165) is 18.2 Å². The highest BCUT2D eigenvalue weighted by atomic mass is 32.2. The quantitative estimate of drug-likeness (QED) is 0.877. The zero-order chi connectivity index (χ0) is 12.5. The topological polar surface area (TPSA) is 49.3 Å². The molecule has 18 heavy (non-hydrogen) atoms. The lowest BCUT2D eigenvalue weighted by Gasteiger charge is -2.19. The molecule has 0 amide bonds. The summed E-state index contributed by atoms with van der Waals surface area (Å²) in [5, 5.41) is 13.4. The van der Waals surface area contributed by atoms with Gasteiger partial charge in [-0.15, -0.1) is 11.8 Å². The van der Waals surface area contributed by atoms with Gasteiger partial charge in [0.05, 0.1) is 5.92 Å². The van der Waals surface area contributed by atoms with E-state index in [9.17, 15) is 9.90 Å². The van der Waals surface area contributed by atoms with Gasteiger partial charge in [-0.1, -0.05) is 18.2 Å². The zero-order valence-corrected chi connectivity index (χ0v) is 11.0. The van der Waals surface area contributed by atoms with Crippen molar-refractivity contribution in [3.63, 3.8) is 0 Å². The second-order valence-corrected chi connectivity index (χ2v) is 6.36. The first-order chi connectivity index (χ1) is 8.75. The SMILES string of the molecule is O=C(O)C1CCNC1c1ccccc1SC1CC1. The summed E-state index contributed by atoms with van der Waals surface area (Å²) in [6, 6.07) is 8.22. The number of carboxylic acids is 1. The molecule has 2 atom stereocenters. The van der Waals surface area contributed by atoms with Crippen LogP contribution in [0.2, 0.25) is 0 Å². The van der Waals surface area contributed by atoms with Gasteiger partial charge in [-0.2, -0.15) is 0 Å². The molecule has 1 aliphatic carbocycles. The lowest BCUT2D eigenvalue weighted by atomic mass is 9.94. The van der Waals surface area contributed by atoms with E-state index in [1.54, 1.807) is 0 Å². The van der Waals surface area contributed by atoms with Crippen LogP contribution in [0, 0.1) is 5.92 Å². The molecule has 2 fully saturated rings. The third-order valence-electron chi connectivity index (χ3n) is 3.61. The summed E-state index contributed by atoms with van der Waals surface area (Å²) in [4.78, 5) is 12.5. The Morgan fingerprint density at radius 1 is 1.28 bits per heavy atom. The van der Waals surface area contributed by atoms with E-state index in [2.05, 4.69) is 17.4 Å². The van der Waals surface area contributed by atoms with Gasteiger partial charge >= 0.3 is 5.97 Å². The number of carboxylic acid groups (broad SMARTS) is 1. The third kappa shape index (κ3) is 2.40. The maximum Gasteiger partial charge on any atom is 0.308 e. The molecule has 2 unspecified atom stereocenters. The van der Waals surface area contributed by atoms with Crippen LogP contribution in [0.3, 0.4) is 0 Å². The minimum atomic E-state index is -0.684. The van der Waals surface area contributed by atoms with Crippen LogP contribution in [0.25, 0.3) is 0 Å². The number of rotatable bonds is 4. The molecule has 2 N–H and O–H groups in total. The maximum atomic E-state index is 11.3. The highest BCUT2D eigenvalue weighted by Gasteiger charge is 2.35. The predicted molar refractivity (Wildman–Crippen MR) is 71.8 cm³/mol. The van der Waals surface area contributed by atoms with Crippen LogP contribution in [-0.4, -0.2) is 22.9 Å². The van der Waals surface area contributed by atoms with E-state index >= 15 is 0 Å². The van der Waals surface area contributed by atoms with Gasteiger partial charge in [-0.3, -0.25) is 4.79 Å². The Kier molecular flexibility index (Phi) is 3.31. The molecule has 1 aromatic carbocycles. The fraction of sp³-hybridized carbons (Fsp3) is 0.500. The summed E-state index contributed by atoms with van der Waals surface area (Å²) in [5.41, 5.74) is 1.17. The number of carbonyl (C=O) groups is 1. The van der Waals surface area contributed by atoms with E-state index in [1.165, 1.54) is 23.3 Å². The minimum absolute atomic E-state index is 0.0232. The Labute approximate surface area is 111 Å². The molecular formula is C14H17NO2S. The Bertz CT molecular complexity index is 459. The van der Waals surface area contributed by atoms with Crippen LogP contribution in [-0.2, 0) is 4.79 Å². The number of nitrogens with one attached hydrogen (secondary N) is 1. The summed E-state index contributed by atoms with van der Waals surface area (Å²) in [5.74, 6) is -0.970. The van der Waals surface area contributed by atoms with E-state index in [-0.39, 0.29) is 12.0 Å². The Morgan fingerprint density at radius 3 is 2.78 bits per heavy atom. The Balaban J connectivity index is 1.87. The number of benzene rings is 1. The Morgan fingerprint density at radius 2 is 2.06 bits per heavy atom. The van der Waals surface area contributed by atoms with Crippen LogP contribution in [0.1, 0.15) is 30.9 Å². The van der Waals surface area contributed by atoms with Crippen molar-refractivity contribution in [1.82, 2.24) is 5.32 Å². The second kappa shape index (κ2) is 4.94. The van der Waals surface area contributed by atoms with E-state index in [1.807, 2.05) is 23.9 Å². The van der Waals surface area contributed by atoms with Crippen molar-refractivity contribution in [3.8, 4) is 0 Å². The van der Waals surface area contributed by atoms with Crippen molar-refractivity contribution in [2.24, 2.45) is 5.92 Å². The van der Waals surface area contributed by atoms with Gasteiger partial charge in [0, 0.05) is 16.2 Å². The van der Waals surface area contributed by atoms with Crippen molar-refractivity contribution in [1.29, 1.82) is 0 Å². The van der Waals surface area contributed by atoms with Crippen molar-refractivity contribution < 1.29 is 9.90 Å². The molecule has 4 heteroatoms. The molecular weight excluding hydrogens is 246 g/mol. The van der Waals surface area contributed by atoms with Gasteiger partial charge in [0.1, 0.15) is 0 Å². The van der Waals surface area contributed by atoms with Gasteiger partial charge in [0.2, 0.25) is 0 Å². The van der Waals surface area contributed by atoms with Gasteiger partial charge < -0.3 is 10.4 Å². The summed E-state index contributed by atoms with van der Waals surface area (Å²) >= 11 is 1.90. The van der Waals surface area contributed by atoms with E-state index in [0.29, 0.717) is 0 Å². The standard InChI is InChI=1S/C14H17NO2S/c16-14(17)11-7-8-15-13(11)10-3-1-2-4-12(10)18-9-5-6-9/h1-4,9,11,13,15H,5-8H2,(H,16,17). The molecule has 0 bridgehead atoms. The fourth-order valence-corrected chi connectivity index (χ4v) is 3.73. The normalized spacial score (nSPS) is 27.3. The van der Waals surface area contributed by atoms with Gasteiger partial charge in [0.25, 0.3) is 0 Å². The van der Waals surface area contributed by atoms with E-state index in [4.69, 9.17) is 0 Å². The molecule has 1 aliphatic heterocycles. The van der Waals surface area contributed by atoms with Crippen LogP contribution in [0.15, 0.2) is 29.2 Å². The number of thioether (sulfide) groups is 1. The number of hydrogen-bond acceptors (Lipinski definition) is 3. The third-order valence-corrected chi connectivity index (χ3v) is 5.04. The van der Waals surface area contributed by atoms with Crippen molar-refractivity contribution in [2.75, 3.05) is 6.54 Å². The first kappa shape index (κ1) is 12.1. The zero-order valence-electron chi connectivity index (χ0n) is 10.1. The average Bonchev–Trinajstić information content (AvgIpc) is 3.04. The summed E-state index contributed by atoms with van der Waals surface area (Å²) < 4.78 is 0. The smallest absolute Gasteiger partial charge is 0.308 e. The molecule has 1 saturated heterocycles. The highest BCUT2D eigenvalue weighted by molar-refractivity contribution is 8.00. The Hall–Kier alpha value is -1.00. The number of aliphatic carboxylic acids is 1. The first-order valence-electron chi connectivity index (χ1n) is 6.47. The molecule has 2 aliphatic rings. The molecule has 0 radical (unpaired) electrons. The van der Waals surface area contributed by atoms with Gasteiger partial charge in [-0.25, -0.2) is 0 Å². The molecule has 1 aromatic rings. The average molecular weight is 263 g/mol. The maximum absolute atomic E-state index is 11.3. The van der Waals surface area contributed by atoms with Crippen molar-refractivity contribution >= 4 is 17.7 Å². The molecule has 3 rings (SSSR count). The predicted octanol–water partition coefficient (Wildman–Crippen LogP) is 2.68. The van der Waals surface area contributed by atoms with Crippen LogP contribution in [0.4, 0.5) is 0 Å². The summed E-state index contributed by atoms with van der Waals surface area (Å²) in [6.07, 6.45) is 3.31. The van der Waals surface area contributed by atoms with Crippen molar-refractivity contribution in [3.05, 3.63) is 29.8 Å². The van der Waals surface area contributed by atoms with Crippen LogP contribution >= 0.6 is 11.8 Å². The van der Waals surface area contributed by atoms with Gasteiger partial charge in [-0.05, 0) is 37.4 Å². The fourth-order valence-electron chi connectivity index (χ4n) is 2.51. The molecule has 0 aromatic heterocycles. The number of hydrogen-bond donors (Lipinski definition) is 2. The van der Waals surface area contributed by atoms with Crippen LogP contribution in [0.5, 0.6) is 0 Å². The molecule has 3 nitrogen and oxygen atoms in total. The van der Waals surface area contributed by atoms with E-state index < -0.39 is 5.97 Å². The molecule has 1 saturated carbocycles. The second-order valence-electron chi connectivity index (χ2n) is 5.02. The monoisotopic (exact) mass is 263 g/mol. The summed E-state index contributed by atoms with van der Waals surface area (Å²) in [6.45, 7) is 0.796. The van der Waals surface area contributed by atoms with Crippen LogP contribution < -0.4 is 5.32 Å². The highest BCUT2D eigenvalue weighted by Crippen LogP contribution is 2.43. The molecule has 1 heterocycles. The molecule has 0 spiro atoms. The first-order valence-corrected chi connectivity index (χ1v) is 7.35. The summed E-state index contributed by atoms with van der Waals surface area (Å²) in [7, 11) is 0.